The molecule has 128 valence electrons. The molecule has 2 aromatic carbocycles. The molecule has 3 aromatic rings. The molecule has 25 heavy (non-hydrogen) atoms. The van der Waals surface area contributed by atoms with Crippen molar-refractivity contribution in [3.8, 4) is 0 Å². The Hall–Kier alpha value is -2.38. The van der Waals surface area contributed by atoms with Crippen LogP contribution in [-0.4, -0.2) is 22.8 Å². The number of nitrogens with zero attached hydrogens (tertiary/aromatic N) is 2. The normalized spacial score (nSPS) is 11.7. The standard InChI is InChI=1S/C18H17N3O2S2/c1-2-23-16(22)15(13-9-5-3-6-10-13)24-18-21-20-17(25-18)19-14-11-7-4-8-12-14/h3-12,15H,2H2,1H3,(H,19,20)/t15-/m1/s1. The van der Waals surface area contributed by atoms with Crippen molar-refractivity contribution in [1.29, 1.82) is 0 Å². The van der Waals surface area contributed by atoms with Crippen LogP contribution < -0.4 is 5.32 Å². The van der Waals surface area contributed by atoms with Gasteiger partial charge < -0.3 is 10.1 Å². The Morgan fingerprint density at radius 1 is 1.12 bits per heavy atom. The van der Waals surface area contributed by atoms with Gasteiger partial charge in [-0.05, 0) is 24.6 Å². The number of rotatable bonds is 7. The summed E-state index contributed by atoms with van der Waals surface area (Å²) in [5.74, 6) is -0.272. The van der Waals surface area contributed by atoms with Crippen LogP contribution in [0, 0.1) is 0 Å². The first-order valence-electron chi connectivity index (χ1n) is 7.80. The van der Waals surface area contributed by atoms with E-state index in [-0.39, 0.29) is 5.97 Å². The fourth-order valence-corrected chi connectivity index (χ4v) is 4.11. The number of nitrogens with one attached hydrogen (secondary N) is 1. The van der Waals surface area contributed by atoms with Gasteiger partial charge in [0.1, 0.15) is 5.25 Å². The van der Waals surface area contributed by atoms with Gasteiger partial charge in [0.25, 0.3) is 0 Å². The Kier molecular flexibility index (Phi) is 6.03. The molecule has 0 spiro atoms. The van der Waals surface area contributed by atoms with E-state index in [4.69, 9.17) is 4.74 Å². The Morgan fingerprint density at radius 3 is 2.48 bits per heavy atom. The lowest BCUT2D eigenvalue weighted by Gasteiger charge is -2.13. The molecule has 1 heterocycles. The third-order valence-corrected chi connectivity index (χ3v) is 5.41. The minimum absolute atomic E-state index is 0.272. The fourth-order valence-electron chi connectivity index (χ4n) is 2.15. The largest absolute Gasteiger partial charge is 0.465 e. The predicted molar refractivity (Wildman–Crippen MR) is 101 cm³/mol. The number of para-hydroxylation sites is 1. The lowest BCUT2D eigenvalue weighted by atomic mass is 10.1. The van der Waals surface area contributed by atoms with Crippen LogP contribution in [0.3, 0.4) is 0 Å². The zero-order chi connectivity index (χ0) is 17.5. The number of thioether (sulfide) groups is 1. The molecule has 3 rings (SSSR count). The van der Waals surface area contributed by atoms with Crippen LogP contribution in [0.2, 0.25) is 0 Å². The van der Waals surface area contributed by atoms with Crippen molar-refractivity contribution >= 4 is 39.9 Å². The van der Waals surface area contributed by atoms with Gasteiger partial charge in [-0.3, -0.25) is 4.79 Å². The van der Waals surface area contributed by atoms with Gasteiger partial charge in [0.05, 0.1) is 6.61 Å². The molecule has 1 N–H and O–H groups in total. The van der Waals surface area contributed by atoms with Crippen molar-refractivity contribution in [2.75, 3.05) is 11.9 Å². The lowest BCUT2D eigenvalue weighted by molar-refractivity contribution is -0.142. The minimum Gasteiger partial charge on any atom is -0.465 e. The van der Waals surface area contributed by atoms with Crippen LogP contribution in [0.5, 0.6) is 0 Å². The second-order valence-corrected chi connectivity index (χ2v) is 7.35. The van der Waals surface area contributed by atoms with Gasteiger partial charge in [-0.1, -0.05) is 71.6 Å². The average Bonchev–Trinajstić information content (AvgIpc) is 3.08. The third kappa shape index (κ3) is 4.80. The molecule has 0 aliphatic heterocycles. The molecule has 0 aliphatic rings. The van der Waals surface area contributed by atoms with Crippen molar-refractivity contribution in [1.82, 2.24) is 10.2 Å². The maximum absolute atomic E-state index is 12.3. The molecule has 0 aliphatic carbocycles. The molecule has 7 heteroatoms. The highest BCUT2D eigenvalue weighted by Crippen LogP contribution is 2.39. The van der Waals surface area contributed by atoms with E-state index in [0.29, 0.717) is 16.1 Å². The van der Waals surface area contributed by atoms with E-state index >= 15 is 0 Å². The fraction of sp³-hybridized carbons (Fsp3) is 0.167. The van der Waals surface area contributed by atoms with Gasteiger partial charge >= 0.3 is 5.97 Å². The number of carbonyl (C=O) groups excluding carboxylic acids is 1. The van der Waals surface area contributed by atoms with Crippen molar-refractivity contribution in [3.05, 3.63) is 66.2 Å². The number of hydrogen-bond donors (Lipinski definition) is 1. The van der Waals surface area contributed by atoms with Gasteiger partial charge in [-0.2, -0.15) is 0 Å². The molecule has 1 atom stereocenters. The predicted octanol–water partition coefficient (Wildman–Crippen LogP) is 4.68. The molecule has 0 unspecified atom stereocenters. The van der Waals surface area contributed by atoms with Gasteiger partial charge in [0.15, 0.2) is 4.34 Å². The highest BCUT2D eigenvalue weighted by atomic mass is 32.2. The number of aromatic nitrogens is 2. The first-order chi connectivity index (χ1) is 12.3. The quantitative estimate of drug-likeness (QED) is 0.481. The van der Waals surface area contributed by atoms with E-state index in [9.17, 15) is 4.79 Å². The number of benzene rings is 2. The summed E-state index contributed by atoms with van der Waals surface area (Å²) in [7, 11) is 0. The average molecular weight is 371 g/mol. The summed E-state index contributed by atoms with van der Waals surface area (Å²) >= 11 is 2.76. The Morgan fingerprint density at radius 2 is 1.80 bits per heavy atom. The molecule has 0 fully saturated rings. The molecule has 5 nitrogen and oxygen atoms in total. The van der Waals surface area contributed by atoms with Gasteiger partial charge in [0.2, 0.25) is 5.13 Å². The first-order valence-corrected chi connectivity index (χ1v) is 9.49. The minimum atomic E-state index is -0.460. The molecule has 0 bridgehead atoms. The third-order valence-electron chi connectivity index (χ3n) is 3.25. The van der Waals surface area contributed by atoms with Crippen LogP contribution in [0.15, 0.2) is 65.0 Å². The summed E-state index contributed by atoms with van der Waals surface area (Å²) in [4.78, 5) is 12.3. The summed E-state index contributed by atoms with van der Waals surface area (Å²) in [6, 6.07) is 19.3. The second-order valence-electron chi connectivity index (χ2n) is 5.02. The molecular weight excluding hydrogens is 354 g/mol. The van der Waals surface area contributed by atoms with E-state index in [1.807, 2.05) is 60.7 Å². The van der Waals surface area contributed by atoms with Crippen LogP contribution in [-0.2, 0) is 9.53 Å². The molecule has 0 saturated heterocycles. The highest BCUT2D eigenvalue weighted by Gasteiger charge is 2.25. The van der Waals surface area contributed by atoms with Crippen LogP contribution >= 0.6 is 23.1 Å². The van der Waals surface area contributed by atoms with Gasteiger partial charge in [0, 0.05) is 5.69 Å². The Balaban J connectivity index is 1.75. The molecule has 0 saturated carbocycles. The van der Waals surface area contributed by atoms with Crippen LogP contribution in [0.1, 0.15) is 17.7 Å². The highest BCUT2D eigenvalue weighted by molar-refractivity contribution is 8.01. The van der Waals surface area contributed by atoms with Crippen molar-refractivity contribution in [2.24, 2.45) is 0 Å². The number of esters is 1. The monoisotopic (exact) mass is 371 g/mol. The number of anilines is 2. The number of hydrogen-bond acceptors (Lipinski definition) is 7. The summed E-state index contributed by atoms with van der Waals surface area (Å²) in [6.07, 6.45) is 0. The van der Waals surface area contributed by atoms with E-state index in [1.165, 1.54) is 23.1 Å². The van der Waals surface area contributed by atoms with Crippen molar-refractivity contribution < 1.29 is 9.53 Å². The van der Waals surface area contributed by atoms with E-state index in [2.05, 4.69) is 15.5 Å². The molecular formula is C18H17N3O2S2. The maximum atomic E-state index is 12.3. The number of ether oxygens (including phenoxy) is 1. The summed E-state index contributed by atoms with van der Waals surface area (Å²) in [6.45, 7) is 2.15. The van der Waals surface area contributed by atoms with Crippen molar-refractivity contribution in [2.45, 2.75) is 16.5 Å². The lowest BCUT2D eigenvalue weighted by Crippen LogP contribution is -2.13. The second kappa shape index (κ2) is 8.64. The van der Waals surface area contributed by atoms with Crippen LogP contribution in [0.25, 0.3) is 0 Å². The summed E-state index contributed by atoms with van der Waals surface area (Å²) in [5.41, 5.74) is 1.83. The van der Waals surface area contributed by atoms with E-state index in [0.717, 1.165) is 11.3 Å². The Labute approximate surface area is 154 Å². The van der Waals surface area contributed by atoms with Crippen LogP contribution in [0.4, 0.5) is 10.8 Å². The first kappa shape index (κ1) is 17.4. The maximum Gasteiger partial charge on any atom is 0.324 e. The SMILES string of the molecule is CCOC(=O)[C@H](Sc1nnc(Nc2ccccc2)s1)c1ccccc1. The summed E-state index contributed by atoms with van der Waals surface area (Å²) in [5, 5.41) is 11.8. The Bertz CT molecular complexity index is 809. The van der Waals surface area contributed by atoms with Crippen molar-refractivity contribution in [3.63, 3.8) is 0 Å². The van der Waals surface area contributed by atoms with Gasteiger partial charge in [-0.15, -0.1) is 10.2 Å². The molecule has 1 aromatic heterocycles. The van der Waals surface area contributed by atoms with E-state index < -0.39 is 5.25 Å². The number of carbonyl (C=O) groups is 1. The van der Waals surface area contributed by atoms with E-state index in [1.54, 1.807) is 6.92 Å². The zero-order valence-electron chi connectivity index (χ0n) is 13.6. The summed E-state index contributed by atoms with van der Waals surface area (Å²) < 4.78 is 5.92. The molecule has 0 radical (unpaired) electrons. The molecule has 0 amide bonds. The topological polar surface area (TPSA) is 64.1 Å². The zero-order valence-corrected chi connectivity index (χ0v) is 15.2. The van der Waals surface area contributed by atoms with Gasteiger partial charge in [-0.25, -0.2) is 0 Å². The smallest absolute Gasteiger partial charge is 0.324 e.